The third kappa shape index (κ3) is 6.24. The Hall–Kier alpha value is -3.03. The van der Waals surface area contributed by atoms with Gasteiger partial charge in [-0.25, -0.2) is 0 Å². The van der Waals surface area contributed by atoms with E-state index in [1.54, 1.807) is 48.3 Å². The van der Waals surface area contributed by atoms with Crippen molar-refractivity contribution in [2.45, 2.75) is 45.0 Å². The molecule has 2 unspecified atom stereocenters. The molecule has 1 aliphatic carbocycles. The van der Waals surface area contributed by atoms with Gasteiger partial charge in [-0.3, -0.25) is 9.59 Å². The molecule has 8 heteroatoms. The number of halogens is 3. The third-order valence-corrected chi connectivity index (χ3v) is 5.84. The molecule has 2 atom stereocenters. The van der Waals surface area contributed by atoms with Crippen LogP contribution in [0.2, 0.25) is 0 Å². The largest absolute Gasteiger partial charge is 0.573 e. The number of alkyl halides is 3. The molecule has 1 N–H and O–H groups in total. The minimum absolute atomic E-state index is 0.0421. The molecule has 32 heavy (non-hydrogen) atoms. The maximum Gasteiger partial charge on any atom is 0.573 e. The molecule has 1 saturated carbocycles. The number of rotatable bonds is 7. The molecule has 5 nitrogen and oxygen atoms in total. The lowest BCUT2D eigenvalue weighted by atomic mass is 10.0. The summed E-state index contributed by atoms with van der Waals surface area (Å²) < 4.78 is 40.8. The summed E-state index contributed by atoms with van der Waals surface area (Å²) in [5.41, 5.74) is 2.06. The first kappa shape index (κ1) is 23.6. The second-order valence-electron chi connectivity index (χ2n) is 8.06. The smallest absolute Gasteiger partial charge is 0.406 e. The fraction of sp³-hybridized carbons (Fsp3) is 0.417. The van der Waals surface area contributed by atoms with Crippen molar-refractivity contribution in [3.05, 3.63) is 54.1 Å². The number of nitrogens with zero attached hydrogens (tertiary/aromatic N) is 1. The molecule has 172 valence electrons. The van der Waals surface area contributed by atoms with Gasteiger partial charge in [0, 0.05) is 31.6 Å². The highest BCUT2D eigenvalue weighted by molar-refractivity contribution is 5.94. The Balaban J connectivity index is 1.58. The SMILES string of the molecule is CCC(=O)NCC1CCC(N(C)C(=O)c2ccc(-c3ccc(OC(F)(F)F)cc3)cc2)C1. The van der Waals surface area contributed by atoms with Gasteiger partial charge in [0.1, 0.15) is 5.75 Å². The lowest BCUT2D eigenvalue weighted by molar-refractivity contribution is -0.274. The summed E-state index contributed by atoms with van der Waals surface area (Å²) in [7, 11) is 1.80. The van der Waals surface area contributed by atoms with Crippen LogP contribution >= 0.6 is 0 Å². The Bertz CT molecular complexity index is 927. The quantitative estimate of drug-likeness (QED) is 0.647. The van der Waals surface area contributed by atoms with E-state index in [2.05, 4.69) is 10.1 Å². The van der Waals surface area contributed by atoms with Crippen molar-refractivity contribution in [1.82, 2.24) is 10.2 Å². The first-order valence-electron chi connectivity index (χ1n) is 10.7. The highest BCUT2D eigenvalue weighted by Crippen LogP contribution is 2.30. The predicted octanol–water partition coefficient (Wildman–Crippen LogP) is 5.02. The molecule has 0 radical (unpaired) electrons. The Morgan fingerprint density at radius 3 is 2.19 bits per heavy atom. The van der Waals surface area contributed by atoms with Gasteiger partial charge in [-0.05, 0) is 60.6 Å². The van der Waals surface area contributed by atoms with E-state index in [1.807, 2.05) is 6.92 Å². The zero-order valence-electron chi connectivity index (χ0n) is 18.1. The molecular weight excluding hydrogens is 421 g/mol. The van der Waals surface area contributed by atoms with E-state index in [1.165, 1.54) is 12.1 Å². The normalized spacial score (nSPS) is 18.3. The van der Waals surface area contributed by atoms with Crippen molar-refractivity contribution < 1.29 is 27.5 Å². The highest BCUT2D eigenvalue weighted by atomic mass is 19.4. The van der Waals surface area contributed by atoms with Crippen LogP contribution in [0.4, 0.5) is 13.2 Å². The molecule has 3 rings (SSSR count). The molecule has 0 bridgehead atoms. The van der Waals surface area contributed by atoms with Crippen molar-refractivity contribution in [2.75, 3.05) is 13.6 Å². The van der Waals surface area contributed by atoms with Crippen molar-refractivity contribution in [2.24, 2.45) is 5.92 Å². The highest BCUT2D eigenvalue weighted by Gasteiger charge is 2.31. The number of carbonyl (C=O) groups is 2. The van der Waals surface area contributed by atoms with Crippen LogP contribution < -0.4 is 10.1 Å². The summed E-state index contributed by atoms with van der Waals surface area (Å²) in [4.78, 5) is 26.1. The van der Waals surface area contributed by atoms with Gasteiger partial charge in [0.15, 0.2) is 0 Å². The summed E-state index contributed by atoms with van der Waals surface area (Å²) in [6.45, 7) is 2.47. The van der Waals surface area contributed by atoms with E-state index in [0.29, 0.717) is 24.4 Å². The number of ether oxygens (including phenoxy) is 1. The average molecular weight is 448 g/mol. The monoisotopic (exact) mass is 448 g/mol. The summed E-state index contributed by atoms with van der Waals surface area (Å²) in [6.07, 6.45) is -1.52. The Labute approximate surface area is 185 Å². The lowest BCUT2D eigenvalue weighted by Crippen LogP contribution is -2.36. The minimum Gasteiger partial charge on any atom is -0.406 e. The predicted molar refractivity (Wildman–Crippen MR) is 115 cm³/mol. The number of benzene rings is 2. The van der Waals surface area contributed by atoms with Crippen molar-refractivity contribution in [3.63, 3.8) is 0 Å². The molecule has 2 aromatic rings. The maximum absolute atomic E-state index is 12.9. The number of amides is 2. The van der Waals surface area contributed by atoms with Crippen LogP contribution in [0, 0.1) is 5.92 Å². The van der Waals surface area contributed by atoms with Crippen LogP contribution in [0.25, 0.3) is 11.1 Å². The second kappa shape index (κ2) is 10.1. The summed E-state index contributed by atoms with van der Waals surface area (Å²) in [6, 6.07) is 12.7. The molecule has 2 amide bonds. The number of hydrogen-bond acceptors (Lipinski definition) is 3. The van der Waals surface area contributed by atoms with E-state index < -0.39 is 6.36 Å². The van der Waals surface area contributed by atoms with Crippen LogP contribution in [0.1, 0.15) is 43.0 Å². The molecule has 0 heterocycles. The maximum atomic E-state index is 12.9. The average Bonchev–Trinajstić information content (AvgIpc) is 3.25. The van der Waals surface area contributed by atoms with E-state index in [4.69, 9.17) is 0 Å². The molecule has 0 saturated heterocycles. The zero-order chi connectivity index (χ0) is 23.3. The van der Waals surface area contributed by atoms with E-state index >= 15 is 0 Å². The van der Waals surface area contributed by atoms with Gasteiger partial charge in [0.25, 0.3) is 5.91 Å². The summed E-state index contributed by atoms with van der Waals surface area (Å²) in [5.74, 6) is 0.0606. The van der Waals surface area contributed by atoms with Gasteiger partial charge >= 0.3 is 6.36 Å². The van der Waals surface area contributed by atoms with Crippen molar-refractivity contribution in [1.29, 1.82) is 0 Å². The fourth-order valence-corrected chi connectivity index (χ4v) is 3.99. The van der Waals surface area contributed by atoms with Crippen molar-refractivity contribution in [3.8, 4) is 16.9 Å². The van der Waals surface area contributed by atoms with E-state index in [0.717, 1.165) is 30.4 Å². The molecule has 0 spiro atoms. The second-order valence-corrected chi connectivity index (χ2v) is 8.06. The van der Waals surface area contributed by atoms with Gasteiger partial charge in [-0.15, -0.1) is 13.2 Å². The lowest BCUT2D eigenvalue weighted by Gasteiger charge is -2.25. The van der Waals surface area contributed by atoms with E-state index in [9.17, 15) is 22.8 Å². The topological polar surface area (TPSA) is 58.6 Å². The minimum atomic E-state index is -4.72. The van der Waals surface area contributed by atoms with Gasteiger partial charge in [-0.1, -0.05) is 31.2 Å². The first-order chi connectivity index (χ1) is 15.2. The fourth-order valence-electron chi connectivity index (χ4n) is 3.99. The van der Waals surface area contributed by atoms with Crippen LogP contribution in [-0.2, 0) is 4.79 Å². The molecule has 2 aromatic carbocycles. The first-order valence-corrected chi connectivity index (χ1v) is 10.7. The molecule has 0 aliphatic heterocycles. The molecular formula is C24H27F3N2O3. The summed E-state index contributed by atoms with van der Waals surface area (Å²) >= 11 is 0. The van der Waals surface area contributed by atoms with Gasteiger partial charge in [0.2, 0.25) is 5.91 Å². The van der Waals surface area contributed by atoms with Gasteiger partial charge in [0.05, 0.1) is 0 Å². The number of hydrogen-bond donors (Lipinski definition) is 1. The molecule has 1 aliphatic rings. The summed E-state index contributed by atoms with van der Waals surface area (Å²) in [5, 5.41) is 2.93. The Morgan fingerprint density at radius 1 is 1.03 bits per heavy atom. The van der Waals surface area contributed by atoms with Crippen molar-refractivity contribution >= 4 is 11.8 Å². The van der Waals surface area contributed by atoms with Crippen LogP contribution in [0.5, 0.6) is 5.75 Å². The third-order valence-electron chi connectivity index (χ3n) is 5.84. The van der Waals surface area contributed by atoms with Gasteiger partial charge < -0.3 is 15.0 Å². The van der Waals surface area contributed by atoms with Crippen LogP contribution in [-0.4, -0.2) is 42.7 Å². The molecule has 0 aromatic heterocycles. The van der Waals surface area contributed by atoms with Crippen LogP contribution in [0.3, 0.4) is 0 Å². The van der Waals surface area contributed by atoms with E-state index in [-0.39, 0.29) is 23.6 Å². The number of carbonyl (C=O) groups excluding carboxylic acids is 2. The molecule has 1 fully saturated rings. The Kier molecular flexibility index (Phi) is 7.43. The number of nitrogens with one attached hydrogen (secondary N) is 1. The zero-order valence-corrected chi connectivity index (χ0v) is 18.1. The Morgan fingerprint density at radius 2 is 1.62 bits per heavy atom. The van der Waals surface area contributed by atoms with Crippen LogP contribution in [0.15, 0.2) is 48.5 Å². The van der Waals surface area contributed by atoms with Gasteiger partial charge in [-0.2, -0.15) is 0 Å². The standard InChI is InChI=1S/C24H27F3N2O3/c1-3-22(30)28-15-16-4-11-20(14-16)29(2)23(31)19-7-5-17(6-8-19)18-9-12-21(13-10-18)32-24(25,26)27/h5-10,12-13,16,20H,3-4,11,14-15H2,1-2H3,(H,28,30).